The van der Waals surface area contributed by atoms with Gasteiger partial charge in [0.05, 0.1) is 5.69 Å². The number of pyridine rings is 1. The number of hydrogen-bond donors (Lipinski definition) is 0. The number of hydrogen-bond acceptors (Lipinski definition) is 6. The Balaban J connectivity index is 1.47. The van der Waals surface area contributed by atoms with Crippen molar-refractivity contribution in [3.05, 3.63) is 89.7 Å². The number of benzene rings is 2. The molecule has 1 aliphatic rings. The predicted octanol–water partition coefficient (Wildman–Crippen LogP) is 4.67. The second kappa shape index (κ2) is 13.3. The fraction of sp³-hybridized carbons (Fsp3) is 0.321. The number of para-hydroxylation sites is 2. The zero-order valence-corrected chi connectivity index (χ0v) is 19.6. The summed E-state index contributed by atoms with van der Waals surface area (Å²) in [6, 6.07) is 22.0. The van der Waals surface area contributed by atoms with Crippen molar-refractivity contribution in [3.63, 3.8) is 0 Å². The van der Waals surface area contributed by atoms with E-state index in [4.69, 9.17) is 9.47 Å². The van der Waals surface area contributed by atoms with Crippen LogP contribution in [0.1, 0.15) is 29.7 Å². The topological polar surface area (TPSA) is 59.3 Å². The van der Waals surface area contributed by atoms with Gasteiger partial charge in [-0.3, -0.25) is 19.9 Å². The molecule has 176 valence electrons. The van der Waals surface area contributed by atoms with Gasteiger partial charge in [-0.25, -0.2) is 0 Å². The van der Waals surface area contributed by atoms with Crippen LogP contribution in [0.2, 0.25) is 0 Å². The lowest BCUT2D eigenvalue weighted by molar-refractivity contribution is 0.217. The lowest BCUT2D eigenvalue weighted by atomic mass is 10.2. The molecule has 0 atom stereocenters. The van der Waals surface area contributed by atoms with Gasteiger partial charge in [0.25, 0.3) is 0 Å². The predicted molar refractivity (Wildman–Crippen MR) is 138 cm³/mol. The minimum atomic E-state index is 0.457. The Bertz CT molecular complexity index is 1000. The van der Waals surface area contributed by atoms with Crippen molar-refractivity contribution in [1.29, 1.82) is 0 Å². The van der Waals surface area contributed by atoms with Gasteiger partial charge in [-0.1, -0.05) is 30.3 Å². The molecule has 0 saturated carbocycles. The van der Waals surface area contributed by atoms with Crippen LogP contribution in [0.25, 0.3) is 0 Å². The molecule has 1 aromatic heterocycles. The molecule has 6 nitrogen and oxygen atoms in total. The summed E-state index contributed by atoms with van der Waals surface area (Å²) >= 11 is 0. The molecule has 0 unspecified atom stereocenters. The van der Waals surface area contributed by atoms with Crippen LogP contribution in [-0.4, -0.2) is 61.7 Å². The van der Waals surface area contributed by atoms with E-state index in [2.05, 4.69) is 25.9 Å². The van der Waals surface area contributed by atoms with Crippen LogP contribution < -0.4 is 9.47 Å². The molecule has 0 amide bonds. The van der Waals surface area contributed by atoms with Crippen molar-refractivity contribution in [2.24, 2.45) is 9.98 Å². The average molecular weight is 457 g/mol. The first-order chi connectivity index (χ1) is 16.9. The Labute approximate surface area is 202 Å². The average Bonchev–Trinajstić information content (AvgIpc) is 2.87. The van der Waals surface area contributed by atoms with Gasteiger partial charge in [0.1, 0.15) is 24.7 Å². The number of nitrogens with zero attached hydrogens (tertiary/aromatic N) is 4. The highest BCUT2D eigenvalue weighted by Gasteiger charge is 2.07. The lowest BCUT2D eigenvalue weighted by Gasteiger charge is -2.21. The van der Waals surface area contributed by atoms with Crippen LogP contribution in [-0.2, 0) is 6.54 Å². The molecule has 3 aromatic rings. The molecule has 0 saturated heterocycles. The summed E-state index contributed by atoms with van der Waals surface area (Å²) < 4.78 is 12.0. The van der Waals surface area contributed by atoms with Crippen LogP contribution in [0.5, 0.6) is 11.5 Å². The highest BCUT2D eigenvalue weighted by Crippen LogP contribution is 2.18. The highest BCUT2D eigenvalue weighted by atomic mass is 16.5. The summed E-state index contributed by atoms with van der Waals surface area (Å²) in [5.41, 5.74) is 3.06. The summed E-state index contributed by atoms with van der Waals surface area (Å²) in [7, 11) is 0. The van der Waals surface area contributed by atoms with E-state index < -0.39 is 0 Å². The van der Waals surface area contributed by atoms with Gasteiger partial charge in [-0.2, -0.15) is 0 Å². The van der Waals surface area contributed by atoms with E-state index >= 15 is 0 Å². The summed E-state index contributed by atoms with van der Waals surface area (Å²) in [6.07, 6.45) is 7.65. The van der Waals surface area contributed by atoms with Crippen LogP contribution in [0.15, 0.2) is 82.9 Å². The van der Waals surface area contributed by atoms with Gasteiger partial charge in [-0.05, 0) is 49.2 Å². The first kappa shape index (κ1) is 23.6. The van der Waals surface area contributed by atoms with E-state index in [0.717, 1.165) is 73.9 Å². The quantitative estimate of drug-likeness (QED) is 0.562. The molecule has 1 aliphatic heterocycles. The molecular formula is C28H32N4O2. The monoisotopic (exact) mass is 456 g/mol. The molecule has 0 aliphatic carbocycles. The Kier molecular flexibility index (Phi) is 9.22. The van der Waals surface area contributed by atoms with Crippen LogP contribution in [0.4, 0.5) is 0 Å². The molecule has 2 aromatic carbocycles. The fourth-order valence-corrected chi connectivity index (χ4v) is 3.83. The third kappa shape index (κ3) is 7.52. The maximum Gasteiger partial charge on any atom is 0.128 e. The third-order valence-corrected chi connectivity index (χ3v) is 5.53. The van der Waals surface area contributed by atoms with Crippen LogP contribution >= 0.6 is 0 Å². The zero-order chi connectivity index (χ0) is 23.3. The number of aliphatic imine (C=N–C) groups is 2. The minimum absolute atomic E-state index is 0.457. The molecule has 0 radical (unpaired) electrons. The molecule has 2 heterocycles. The maximum absolute atomic E-state index is 5.99. The van der Waals surface area contributed by atoms with Crippen LogP contribution in [0.3, 0.4) is 0 Å². The number of aromatic nitrogens is 1. The maximum atomic E-state index is 5.99. The molecule has 34 heavy (non-hydrogen) atoms. The summed E-state index contributed by atoms with van der Waals surface area (Å²) in [5.74, 6) is 1.64. The van der Waals surface area contributed by atoms with E-state index in [1.807, 2.05) is 79.3 Å². The van der Waals surface area contributed by atoms with E-state index in [0.29, 0.717) is 13.2 Å². The summed E-state index contributed by atoms with van der Waals surface area (Å²) in [4.78, 5) is 16.3. The molecule has 0 spiro atoms. The van der Waals surface area contributed by atoms with Crippen molar-refractivity contribution >= 4 is 12.4 Å². The Morgan fingerprint density at radius 2 is 1.24 bits per heavy atom. The smallest absolute Gasteiger partial charge is 0.128 e. The SMILES string of the molecule is C1=NCCCN(Cc2ccccn2)CCCN=Cc2ccccc2OCCOc2ccccc21. The molecule has 0 fully saturated rings. The zero-order valence-electron chi connectivity index (χ0n) is 19.6. The van der Waals surface area contributed by atoms with Gasteiger partial charge in [-0.15, -0.1) is 0 Å². The van der Waals surface area contributed by atoms with E-state index in [1.54, 1.807) is 0 Å². The lowest BCUT2D eigenvalue weighted by Crippen LogP contribution is -2.27. The second-order valence-electron chi connectivity index (χ2n) is 8.15. The van der Waals surface area contributed by atoms with Crippen molar-refractivity contribution in [1.82, 2.24) is 9.88 Å². The largest absolute Gasteiger partial charge is 0.489 e. The number of fused-ring (bicyclic) bond motifs is 2. The van der Waals surface area contributed by atoms with Crippen molar-refractivity contribution < 1.29 is 9.47 Å². The van der Waals surface area contributed by atoms with E-state index in [1.165, 1.54) is 0 Å². The first-order valence-electron chi connectivity index (χ1n) is 11.9. The van der Waals surface area contributed by atoms with Crippen molar-refractivity contribution in [3.8, 4) is 11.5 Å². The number of rotatable bonds is 2. The van der Waals surface area contributed by atoms with Gasteiger partial charge in [0.15, 0.2) is 0 Å². The number of ether oxygens (including phenoxy) is 2. The standard InChI is InChI=1S/C28H32N4O2/c1-3-12-27-24(9-1)21-29-14-7-17-32(23-26-11-5-6-16-31-26)18-8-15-30-22-25-10-2-4-13-28(25)34-20-19-33-27/h1-6,9-13,16,21-22H,7-8,14-15,17-20,23H2. The Morgan fingerprint density at radius 1 is 0.676 bits per heavy atom. The first-order valence-corrected chi connectivity index (χ1v) is 11.9. The van der Waals surface area contributed by atoms with Crippen molar-refractivity contribution in [2.45, 2.75) is 19.4 Å². The fourth-order valence-electron chi connectivity index (χ4n) is 3.83. The Hall–Kier alpha value is -3.51. The van der Waals surface area contributed by atoms with E-state index in [-0.39, 0.29) is 0 Å². The van der Waals surface area contributed by atoms with Gasteiger partial charge < -0.3 is 9.47 Å². The molecule has 4 rings (SSSR count). The molecule has 0 bridgehead atoms. The van der Waals surface area contributed by atoms with Gasteiger partial charge >= 0.3 is 0 Å². The Morgan fingerprint density at radius 3 is 1.79 bits per heavy atom. The second-order valence-corrected chi connectivity index (χ2v) is 8.15. The molecule has 0 N–H and O–H groups in total. The molecule has 6 heteroatoms. The van der Waals surface area contributed by atoms with Crippen LogP contribution in [0, 0.1) is 0 Å². The van der Waals surface area contributed by atoms with E-state index in [9.17, 15) is 0 Å². The van der Waals surface area contributed by atoms with Gasteiger partial charge in [0.2, 0.25) is 0 Å². The highest BCUT2D eigenvalue weighted by molar-refractivity contribution is 5.84. The summed E-state index contributed by atoms with van der Waals surface area (Å²) in [5, 5.41) is 0. The van der Waals surface area contributed by atoms with Crippen molar-refractivity contribution in [2.75, 3.05) is 39.4 Å². The normalized spacial score (nSPS) is 16.1. The van der Waals surface area contributed by atoms with Gasteiger partial charge in [0, 0.05) is 62.5 Å². The molecular weight excluding hydrogens is 424 g/mol. The third-order valence-electron chi connectivity index (χ3n) is 5.53. The summed E-state index contributed by atoms with van der Waals surface area (Å²) in [6.45, 7) is 5.21. The minimum Gasteiger partial charge on any atom is -0.489 e.